The van der Waals surface area contributed by atoms with E-state index in [-0.39, 0.29) is 24.3 Å². The molecule has 0 aromatic rings. The summed E-state index contributed by atoms with van der Waals surface area (Å²) in [7, 11) is 0. The van der Waals surface area contributed by atoms with Crippen LogP contribution in [0.25, 0.3) is 0 Å². The summed E-state index contributed by atoms with van der Waals surface area (Å²) in [5.41, 5.74) is -0.0633. The molecule has 0 bridgehead atoms. The highest BCUT2D eigenvalue weighted by molar-refractivity contribution is 5.78. The Hall–Kier alpha value is -1.32. The van der Waals surface area contributed by atoms with Gasteiger partial charge in [0.25, 0.3) is 0 Å². The third-order valence-electron chi connectivity index (χ3n) is 2.08. The van der Waals surface area contributed by atoms with Crippen molar-refractivity contribution in [2.75, 3.05) is 6.54 Å². The second-order valence-electron chi connectivity index (χ2n) is 5.10. The number of carbonyl (C=O) groups is 2. The van der Waals surface area contributed by atoms with Crippen molar-refractivity contribution in [3.8, 4) is 0 Å². The average Bonchev–Trinajstić information content (AvgIpc) is 2.10. The molecular formula is C12H21NO3. The Morgan fingerprint density at radius 2 is 2.00 bits per heavy atom. The highest BCUT2D eigenvalue weighted by Crippen LogP contribution is 2.24. The molecule has 4 heteroatoms. The molecule has 0 saturated carbocycles. The lowest BCUT2D eigenvalue weighted by Gasteiger charge is -2.23. The van der Waals surface area contributed by atoms with Gasteiger partial charge in [0, 0.05) is 13.0 Å². The van der Waals surface area contributed by atoms with Gasteiger partial charge < -0.3 is 10.4 Å². The van der Waals surface area contributed by atoms with Crippen LogP contribution in [0.15, 0.2) is 12.7 Å². The molecule has 0 heterocycles. The van der Waals surface area contributed by atoms with Gasteiger partial charge in [0.05, 0.1) is 5.92 Å². The van der Waals surface area contributed by atoms with E-state index < -0.39 is 11.9 Å². The van der Waals surface area contributed by atoms with Gasteiger partial charge in [0.2, 0.25) is 5.91 Å². The van der Waals surface area contributed by atoms with Crippen LogP contribution in [0, 0.1) is 11.3 Å². The van der Waals surface area contributed by atoms with Gasteiger partial charge in [0.1, 0.15) is 0 Å². The number of rotatable bonds is 6. The lowest BCUT2D eigenvalue weighted by atomic mass is 9.84. The zero-order valence-electron chi connectivity index (χ0n) is 10.2. The third kappa shape index (κ3) is 7.04. The van der Waals surface area contributed by atoms with Crippen LogP contribution in [-0.2, 0) is 9.59 Å². The third-order valence-corrected chi connectivity index (χ3v) is 2.08. The molecule has 0 saturated heterocycles. The first kappa shape index (κ1) is 14.7. The molecule has 4 nitrogen and oxygen atoms in total. The zero-order valence-corrected chi connectivity index (χ0v) is 10.2. The van der Waals surface area contributed by atoms with E-state index in [1.165, 1.54) is 6.08 Å². The van der Waals surface area contributed by atoms with Crippen LogP contribution in [0.3, 0.4) is 0 Å². The number of aliphatic carboxylic acids is 1. The van der Waals surface area contributed by atoms with Gasteiger partial charge in [-0.3, -0.25) is 9.59 Å². The van der Waals surface area contributed by atoms with Crippen LogP contribution in [-0.4, -0.2) is 23.5 Å². The molecule has 0 aliphatic rings. The predicted octanol–water partition coefficient (Wildman–Crippen LogP) is 1.82. The van der Waals surface area contributed by atoms with Crippen LogP contribution in [0.4, 0.5) is 0 Å². The van der Waals surface area contributed by atoms with Crippen LogP contribution < -0.4 is 5.32 Å². The molecule has 0 rings (SSSR count). The van der Waals surface area contributed by atoms with Gasteiger partial charge in [-0.15, -0.1) is 6.58 Å². The maximum absolute atomic E-state index is 11.2. The van der Waals surface area contributed by atoms with Crippen molar-refractivity contribution in [1.29, 1.82) is 0 Å². The van der Waals surface area contributed by atoms with Crippen LogP contribution in [0.1, 0.15) is 33.6 Å². The van der Waals surface area contributed by atoms with Crippen molar-refractivity contribution in [3.05, 3.63) is 12.7 Å². The summed E-state index contributed by atoms with van der Waals surface area (Å²) < 4.78 is 0. The molecule has 0 aliphatic carbocycles. The van der Waals surface area contributed by atoms with E-state index >= 15 is 0 Å². The molecule has 0 aromatic carbocycles. The van der Waals surface area contributed by atoms with Crippen LogP contribution >= 0.6 is 0 Å². The minimum absolute atomic E-state index is 0.0633. The number of amides is 1. The number of carboxylic acid groups (broad SMARTS) is 1. The van der Waals surface area contributed by atoms with Crippen LogP contribution in [0.2, 0.25) is 0 Å². The van der Waals surface area contributed by atoms with E-state index in [4.69, 9.17) is 5.11 Å². The molecule has 0 spiro atoms. The second-order valence-corrected chi connectivity index (χ2v) is 5.10. The Morgan fingerprint density at radius 1 is 1.44 bits per heavy atom. The van der Waals surface area contributed by atoms with E-state index in [9.17, 15) is 9.59 Å². The quantitative estimate of drug-likeness (QED) is 0.680. The summed E-state index contributed by atoms with van der Waals surface area (Å²) in [5.74, 6) is -1.59. The number of nitrogens with one attached hydrogen (secondary N) is 1. The normalized spacial score (nSPS) is 12.9. The van der Waals surface area contributed by atoms with Gasteiger partial charge in [0.15, 0.2) is 0 Å². The molecule has 1 atom stereocenters. The Morgan fingerprint density at radius 3 is 2.38 bits per heavy atom. The molecule has 0 fully saturated rings. The van der Waals surface area contributed by atoms with Gasteiger partial charge in [-0.25, -0.2) is 0 Å². The minimum atomic E-state index is -0.867. The summed E-state index contributed by atoms with van der Waals surface area (Å²) in [6.07, 6.45) is 2.26. The van der Waals surface area contributed by atoms with E-state index in [0.29, 0.717) is 6.42 Å². The minimum Gasteiger partial charge on any atom is -0.481 e. The fourth-order valence-corrected chi connectivity index (χ4v) is 1.43. The lowest BCUT2D eigenvalue weighted by Crippen LogP contribution is -2.34. The highest BCUT2D eigenvalue weighted by atomic mass is 16.4. The van der Waals surface area contributed by atoms with Gasteiger partial charge in [-0.2, -0.15) is 0 Å². The van der Waals surface area contributed by atoms with E-state index in [1.807, 2.05) is 20.8 Å². The Balaban J connectivity index is 4.20. The number of hydrogen-bond acceptors (Lipinski definition) is 2. The van der Waals surface area contributed by atoms with Gasteiger partial charge >= 0.3 is 5.97 Å². The largest absolute Gasteiger partial charge is 0.481 e. The van der Waals surface area contributed by atoms with Crippen molar-refractivity contribution < 1.29 is 14.7 Å². The molecule has 16 heavy (non-hydrogen) atoms. The summed E-state index contributed by atoms with van der Waals surface area (Å²) >= 11 is 0. The number of carbonyl (C=O) groups excluding carboxylic acids is 1. The lowest BCUT2D eigenvalue weighted by molar-refractivity contribution is -0.142. The Labute approximate surface area is 96.7 Å². The average molecular weight is 227 g/mol. The van der Waals surface area contributed by atoms with Crippen molar-refractivity contribution in [1.82, 2.24) is 5.32 Å². The van der Waals surface area contributed by atoms with Gasteiger partial charge in [-0.05, 0) is 11.8 Å². The monoisotopic (exact) mass is 227 g/mol. The molecule has 2 N–H and O–H groups in total. The molecule has 1 unspecified atom stereocenters. The van der Waals surface area contributed by atoms with Crippen LogP contribution in [0.5, 0.6) is 0 Å². The molecule has 92 valence electrons. The molecule has 0 radical (unpaired) electrons. The predicted molar refractivity (Wildman–Crippen MR) is 63.0 cm³/mol. The Kier molecular flexibility index (Phi) is 5.78. The molecule has 0 aromatic heterocycles. The SMILES string of the molecule is C=CCC(=O)NCC(CC(C)(C)C)C(=O)O. The fourth-order valence-electron chi connectivity index (χ4n) is 1.43. The number of hydrogen-bond donors (Lipinski definition) is 2. The van der Waals surface area contributed by atoms with E-state index in [1.54, 1.807) is 0 Å². The summed E-state index contributed by atoms with van der Waals surface area (Å²) in [5, 5.41) is 11.6. The summed E-state index contributed by atoms with van der Waals surface area (Å²) in [6, 6.07) is 0. The summed E-state index contributed by atoms with van der Waals surface area (Å²) in [6.45, 7) is 9.57. The topological polar surface area (TPSA) is 66.4 Å². The second kappa shape index (κ2) is 6.30. The Bertz CT molecular complexity index is 266. The maximum atomic E-state index is 11.2. The first-order valence-corrected chi connectivity index (χ1v) is 5.36. The van der Waals surface area contributed by atoms with Gasteiger partial charge in [-0.1, -0.05) is 26.8 Å². The molecular weight excluding hydrogens is 206 g/mol. The van der Waals surface area contributed by atoms with E-state index in [2.05, 4.69) is 11.9 Å². The smallest absolute Gasteiger partial charge is 0.308 e. The summed E-state index contributed by atoms with van der Waals surface area (Å²) in [4.78, 5) is 22.1. The van der Waals surface area contributed by atoms with Crippen molar-refractivity contribution in [2.24, 2.45) is 11.3 Å². The first-order valence-electron chi connectivity index (χ1n) is 5.36. The van der Waals surface area contributed by atoms with Crippen molar-refractivity contribution in [2.45, 2.75) is 33.6 Å². The van der Waals surface area contributed by atoms with Crippen molar-refractivity contribution >= 4 is 11.9 Å². The van der Waals surface area contributed by atoms with E-state index in [0.717, 1.165) is 0 Å². The first-order chi connectivity index (χ1) is 7.26. The molecule has 0 aliphatic heterocycles. The fraction of sp³-hybridized carbons (Fsp3) is 0.667. The maximum Gasteiger partial charge on any atom is 0.308 e. The molecule has 1 amide bonds. The zero-order chi connectivity index (χ0) is 12.8. The van der Waals surface area contributed by atoms with Crippen molar-refractivity contribution in [3.63, 3.8) is 0 Å². The number of carboxylic acids is 1. The standard InChI is InChI=1S/C12H21NO3/c1-5-6-10(14)13-8-9(11(15)16)7-12(2,3)4/h5,9H,1,6-8H2,2-4H3,(H,13,14)(H,15,16). The highest BCUT2D eigenvalue weighted by Gasteiger charge is 2.24.